The number of aryl methyl sites for hydroxylation is 1. The molecule has 0 saturated carbocycles. The first-order valence-electron chi connectivity index (χ1n) is 5.07. The summed E-state index contributed by atoms with van der Waals surface area (Å²) in [7, 11) is 0. The van der Waals surface area contributed by atoms with Gasteiger partial charge in [-0.1, -0.05) is 5.16 Å². The van der Waals surface area contributed by atoms with Crippen LogP contribution in [-0.4, -0.2) is 27.3 Å². The van der Waals surface area contributed by atoms with Crippen LogP contribution in [0.3, 0.4) is 0 Å². The predicted molar refractivity (Wildman–Crippen MR) is 58.7 cm³/mol. The quantitative estimate of drug-likeness (QED) is 0.796. The smallest absolute Gasteiger partial charge is 0.360 e. The molecule has 0 amide bonds. The number of nitrogen functional groups attached to an aromatic ring is 1. The SMILES string of the molecule is CCOC(=O)c1ncn(-c2cc(C)on2)c1N. The van der Waals surface area contributed by atoms with Crippen molar-refractivity contribution in [2.24, 2.45) is 0 Å². The molecule has 2 rings (SSSR count). The normalized spacial score (nSPS) is 10.5. The van der Waals surface area contributed by atoms with Crippen LogP contribution in [-0.2, 0) is 4.74 Å². The van der Waals surface area contributed by atoms with Gasteiger partial charge in [0.25, 0.3) is 0 Å². The molecule has 0 aliphatic rings. The van der Waals surface area contributed by atoms with Gasteiger partial charge in [-0.05, 0) is 13.8 Å². The first-order valence-corrected chi connectivity index (χ1v) is 5.07. The summed E-state index contributed by atoms with van der Waals surface area (Å²) in [5, 5.41) is 3.78. The van der Waals surface area contributed by atoms with Crippen molar-refractivity contribution in [2.75, 3.05) is 12.3 Å². The summed E-state index contributed by atoms with van der Waals surface area (Å²) < 4.78 is 11.2. The molecule has 7 heteroatoms. The molecule has 0 aliphatic carbocycles. The molecular weight excluding hydrogens is 224 g/mol. The number of carbonyl (C=O) groups excluding carboxylic acids is 1. The molecule has 0 bridgehead atoms. The molecule has 2 aromatic rings. The first-order chi connectivity index (χ1) is 8.13. The molecule has 0 unspecified atom stereocenters. The van der Waals surface area contributed by atoms with Gasteiger partial charge in [0.05, 0.1) is 6.61 Å². The standard InChI is InChI=1S/C10H12N4O3/c1-3-16-10(15)8-9(11)14(5-12-8)7-4-6(2)17-13-7/h4-5H,3,11H2,1-2H3. The van der Waals surface area contributed by atoms with Gasteiger partial charge in [0.2, 0.25) is 0 Å². The maximum atomic E-state index is 11.5. The van der Waals surface area contributed by atoms with Crippen molar-refractivity contribution in [2.45, 2.75) is 13.8 Å². The fourth-order valence-electron chi connectivity index (χ4n) is 1.36. The summed E-state index contributed by atoms with van der Waals surface area (Å²) in [5.41, 5.74) is 5.87. The maximum absolute atomic E-state index is 11.5. The number of anilines is 1. The van der Waals surface area contributed by atoms with E-state index in [9.17, 15) is 4.79 Å². The van der Waals surface area contributed by atoms with Crippen LogP contribution in [0.1, 0.15) is 23.2 Å². The topological polar surface area (TPSA) is 96.2 Å². The summed E-state index contributed by atoms with van der Waals surface area (Å²) in [4.78, 5) is 15.4. The van der Waals surface area contributed by atoms with Gasteiger partial charge >= 0.3 is 5.97 Å². The van der Waals surface area contributed by atoms with Crippen LogP contribution in [0.5, 0.6) is 0 Å². The lowest BCUT2D eigenvalue weighted by atomic mass is 10.4. The van der Waals surface area contributed by atoms with Crippen molar-refractivity contribution in [3.63, 3.8) is 0 Å². The zero-order valence-corrected chi connectivity index (χ0v) is 9.51. The van der Waals surface area contributed by atoms with E-state index in [1.807, 2.05) is 0 Å². The fraction of sp³-hybridized carbons (Fsp3) is 0.300. The summed E-state index contributed by atoms with van der Waals surface area (Å²) in [6.45, 7) is 3.75. The molecule has 0 saturated heterocycles. The van der Waals surface area contributed by atoms with E-state index in [0.29, 0.717) is 11.6 Å². The van der Waals surface area contributed by atoms with Gasteiger partial charge in [-0.2, -0.15) is 0 Å². The average Bonchev–Trinajstić information content (AvgIpc) is 2.85. The number of rotatable bonds is 3. The van der Waals surface area contributed by atoms with Crippen LogP contribution in [0.25, 0.3) is 5.82 Å². The minimum atomic E-state index is -0.552. The van der Waals surface area contributed by atoms with Gasteiger partial charge in [0, 0.05) is 6.07 Å². The van der Waals surface area contributed by atoms with Crippen LogP contribution >= 0.6 is 0 Å². The number of imidazole rings is 1. The third kappa shape index (κ3) is 1.99. The monoisotopic (exact) mass is 236 g/mol. The van der Waals surface area contributed by atoms with E-state index in [2.05, 4.69) is 10.1 Å². The Balaban J connectivity index is 2.36. The summed E-state index contributed by atoms with van der Waals surface area (Å²) in [5.74, 6) is 0.745. The van der Waals surface area contributed by atoms with Crippen LogP contribution in [0.15, 0.2) is 16.9 Å². The Bertz CT molecular complexity index is 543. The van der Waals surface area contributed by atoms with E-state index < -0.39 is 5.97 Å². The number of nitrogens with zero attached hydrogens (tertiary/aromatic N) is 3. The largest absolute Gasteiger partial charge is 0.461 e. The van der Waals surface area contributed by atoms with Gasteiger partial charge < -0.3 is 15.0 Å². The summed E-state index contributed by atoms with van der Waals surface area (Å²) in [6, 6.07) is 1.69. The van der Waals surface area contributed by atoms with Gasteiger partial charge in [0.1, 0.15) is 17.9 Å². The number of nitrogens with two attached hydrogens (primary N) is 1. The molecule has 2 aromatic heterocycles. The van der Waals surface area contributed by atoms with E-state index in [1.165, 1.54) is 10.9 Å². The van der Waals surface area contributed by atoms with Crippen molar-refractivity contribution in [3.8, 4) is 5.82 Å². The molecule has 0 aliphatic heterocycles. The van der Waals surface area contributed by atoms with Crippen molar-refractivity contribution < 1.29 is 14.1 Å². The lowest BCUT2D eigenvalue weighted by Crippen LogP contribution is -2.09. The molecule has 0 spiro atoms. The number of carbonyl (C=O) groups is 1. The highest BCUT2D eigenvalue weighted by Crippen LogP contribution is 2.17. The van der Waals surface area contributed by atoms with Crippen LogP contribution in [0, 0.1) is 6.92 Å². The van der Waals surface area contributed by atoms with E-state index >= 15 is 0 Å². The Morgan fingerprint density at radius 3 is 3.00 bits per heavy atom. The number of aromatic nitrogens is 3. The molecule has 17 heavy (non-hydrogen) atoms. The third-order valence-electron chi connectivity index (χ3n) is 2.14. The molecule has 2 heterocycles. The number of hydrogen-bond donors (Lipinski definition) is 1. The fourth-order valence-corrected chi connectivity index (χ4v) is 1.36. The van der Waals surface area contributed by atoms with Crippen molar-refractivity contribution in [1.82, 2.24) is 14.7 Å². The highest BCUT2D eigenvalue weighted by atomic mass is 16.5. The van der Waals surface area contributed by atoms with E-state index in [-0.39, 0.29) is 18.1 Å². The second-order valence-corrected chi connectivity index (χ2v) is 3.36. The molecule has 2 N–H and O–H groups in total. The van der Waals surface area contributed by atoms with E-state index in [1.54, 1.807) is 19.9 Å². The van der Waals surface area contributed by atoms with Crippen molar-refractivity contribution in [1.29, 1.82) is 0 Å². The van der Waals surface area contributed by atoms with Gasteiger partial charge in [-0.3, -0.25) is 4.57 Å². The molecular formula is C10H12N4O3. The summed E-state index contributed by atoms with van der Waals surface area (Å²) in [6.07, 6.45) is 1.40. The van der Waals surface area contributed by atoms with Crippen LogP contribution in [0.2, 0.25) is 0 Å². The van der Waals surface area contributed by atoms with E-state index in [4.69, 9.17) is 15.0 Å². The Morgan fingerprint density at radius 2 is 2.41 bits per heavy atom. The number of esters is 1. The van der Waals surface area contributed by atoms with Crippen LogP contribution in [0.4, 0.5) is 5.82 Å². The predicted octanol–water partition coefficient (Wildman–Crippen LogP) is 0.928. The second kappa shape index (κ2) is 4.28. The molecule has 90 valence electrons. The Labute approximate surface area is 97.2 Å². The highest BCUT2D eigenvalue weighted by molar-refractivity contribution is 5.92. The van der Waals surface area contributed by atoms with Crippen LogP contribution < -0.4 is 5.73 Å². The Morgan fingerprint density at radius 1 is 1.65 bits per heavy atom. The Hall–Kier alpha value is -2.31. The summed E-state index contributed by atoms with van der Waals surface area (Å²) >= 11 is 0. The second-order valence-electron chi connectivity index (χ2n) is 3.36. The minimum absolute atomic E-state index is 0.0764. The first kappa shape index (κ1) is 11.2. The number of ether oxygens (including phenoxy) is 1. The lowest BCUT2D eigenvalue weighted by molar-refractivity contribution is 0.0521. The molecule has 0 atom stereocenters. The Kier molecular flexibility index (Phi) is 2.82. The maximum Gasteiger partial charge on any atom is 0.360 e. The number of hydrogen-bond acceptors (Lipinski definition) is 6. The molecule has 7 nitrogen and oxygen atoms in total. The molecule has 0 fully saturated rings. The van der Waals surface area contributed by atoms with Gasteiger partial charge in [0.15, 0.2) is 11.5 Å². The molecule has 0 aromatic carbocycles. The van der Waals surface area contributed by atoms with Crippen molar-refractivity contribution in [3.05, 3.63) is 23.8 Å². The average molecular weight is 236 g/mol. The lowest BCUT2D eigenvalue weighted by Gasteiger charge is -2.01. The third-order valence-corrected chi connectivity index (χ3v) is 2.14. The van der Waals surface area contributed by atoms with Crippen molar-refractivity contribution >= 4 is 11.8 Å². The highest BCUT2D eigenvalue weighted by Gasteiger charge is 2.18. The van der Waals surface area contributed by atoms with E-state index in [0.717, 1.165) is 0 Å². The minimum Gasteiger partial charge on any atom is -0.461 e. The zero-order chi connectivity index (χ0) is 12.4. The van der Waals surface area contributed by atoms with Gasteiger partial charge in [-0.15, -0.1) is 0 Å². The molecule has 0 radical (unpaired) electrons. The zero-order valence-electron chi connectivity index (χ0n) is 9.51. The van der Waals surface area contributed by atoms with Gasteiger partial charge in [-0.25, -0.2) is 9.78 Å².